The van der Waals surface area contributed by atoms with Gasteiger partial charge in [0.05, 0.1) is 0 Å². The van der Waals surface area contributed by atoms with Crippen molar-refractivity contribution < 1.29 is 9.47 Å². The second kappa shape index (κ2) is 8.86. The highest BCUT2D eigenvalue weighted by Gasteiger charge is 2.13. The molecule has 0 aromatic rings. The minimum atomic E-state index is -0.128. The molecule has 0 radical (unpaired) electrons. The lowest BCUT2D eigenvalue weighted by molar-refractivity contribution is -0.0989. The molecule has 0 spiro atoms. The summed E-state index contributed by atoms with van der Waals surface area (Å²) in [6.45, 7) is 7.86. The van der Waals surface area contributed by atoms with Gasteiger partial charge in [0.15, 0.2) is 6.29 Å². The zero-order chi connectivity index (χ0) is 12.5. The number of methoxy groups -OCH3 is 2. The average molecular weight is 244 g/mol. The first-order valence-electron chi connectivity index (χ1n) is 6.75. The number of likely N-dealkylation sites (tertiary alicyclic amines) is 1. The summed E-state index contributed by atoms with van der Waals surface area (Å²) in [4.78, 5) is 2.58. The van der Waals surface area contributed by atoms with Crippen LogP contribution in [0.3, 0.4) is 0 Å². The molecular formula is C13H28N2O2. The molecule has 0 amide bonds. The van der Waals surface area contributed by atoms with Crippen molar-refractivity contribution in [1.29, 1.82) is 0 Å². The summed E-state index contributed by atoms with van der Waals surface area (Å²) >= 11 is 0. The van der Waals surface area contributed by atoms with Crippen LogP contribution in [0.15, 0.2) is 0 Å². The smallest absolute Gasteiger partial charge is 0.169 e. The summed E-state index contributed by atoms with van der Waals surface area (Å²) in [7, 11) is 3.35. The summed E-state index contributed by atoms with van der Waals surface area (Å²) in [5.74, 6) is 0.683. The number of hydrogen-bond donors (Lipinski definition) is 1. The highest BCUT2D eigenvalue weighted by atomic mass is 16.7. The van der Waals surface area contributed by atoms with E-state index in [-0.39, 0.29) is 6.29 Å². The maximum atomic E-state index is 5.14. The Bertz CT molecular complexity index is 180. The van der Waals surface area contributed by atoms with Gasteiger partial charge in [-0.3, -0.25) is 0 Å². The summed E-state index contributed by atoms with van der Waals surface area (Å²) < 4.78 is 10.3. The average Bonchev–Trinajstić information content (AvgIpc) is 2.36. The number of hydrogen-bond acceptors (Lipinski definition) is 4. The summed E-state index contributed by atoms with van der Waals surface area (Å²) in [6.07, 6.45) is 4.02. The van der Waals surface area contributed by atoms with Gasteiger partial charge in [0.25, 0.3) is 0 Å². The third-order valence-corrected chi connectivity index (χ3v) is 3.35. The molecule has 1 N–H and O–H groups in total. The second-order valence-electron chi connectivity index (χ2n) is 5.03. The van der Waals surface area contributed by atoms with Gasteiger partial charge >= 0.3 is 0 Å². The molecule has 1 atom stereocenters. The van der Waals surface area contributed by atoms with Crippen molar-refractivity contribution in [2.75, 3.05) is 46.9 Å². The zero-order valence-electron chi connectivity index (χ0n) is 11.6. The lowest BCUT2D eigenvalue weighted by atomic mass is 10.1. The van der Waals surface area contributed by atoms with Gasteiger partial charge in [0.2, 0.25) is 0 Å². The van der Waals surface area contributed by atoms with Gasteiger partial charge in [-0.05, 0) is 38.4 Å². The number of rotatable bonds is 8. The van der Waals surface area contributed by atoms with Crippen molar-refractivity contribution >= 4 is 0 Å². The Morgan fingerprint density at radius 2 is 1.71 bits per heavy atom. The molecule has 102 valence electrons. The van der Waals surface area contributed by atoms with E-state index in [9.17, 15) is 0 Å². The van der Waals surface area contributed by atoms with Crippen LogP contribution >= 0.6 is 0 Å². The third kappa shape index (κ3) is 6.36. The molecule has 1 aliphatic rings. The molecule has 1 unspecified atom stereocenters. The van der Waals surface area contributed by atoms with Gasteiger partial charge in [-0.2, -0.15) is 0 Å². The Labute approximate surface area is 106 Å². The van der Waals surface area contributed by atoms with Crippen LogP contribution in [-0.4, -0.2) is 58.1 Å². The Morgan fingerprint density at radius 1 is 1.06 bits per heavy atom. The molecule has 1 saturated heterocycles. The minimum absolute atomic E-state index is 0.128. The normalized spacial score (nSPS) is 19.8. The molecule has 4 nitrogen and oxygen atoms in total. The molecule has 0 bridgehead atoms. The van der Waals surface area contributed by atoms with Gasteiger partial charge < -0.3 is 19.7 Å². The number of piperidine rings is 1. The molecule has 0 aromatic carbocycles. The fourth-order valence-corrected chi connectivity index (χ4v) is 2.36. The highest BCUT2D eigenvalue weighted by Crippen LogP contribution is 2.10. The topological polar surface area (TPSA) is 33.7 Å². The van der Waals surface area contributed by atoms with E-state index < -0.39 is 0 Å². The number of ether oxygens (including phenoxy) is 2. The standard InChI is InChI=1S/C13H28N2O2/c1-12(9-14-10-13(16-2)17-3)11-15-7-5-4-6-8-15/h12-14H,4-11H2,1-3H3. The van der Waals surface area contributed by atoms with Crippen LogP contribution < -0.4 is 5.32 Å². The Kier molecular flexibility index (Phi) is 7.77. The molecule has 1 fully saturated rings. The van der Waals surface area contributed by atoms with Crippen molar-refractivity contribution in [3.8, 4) is 0 Å². The van der Waals surface area contributed by atoms with Crippen LogP contribution in [0.2, 0.25) is 0 Å². The van der Waals surface area contributed by atoms with E-state index in [4.69, 9.17) is 9.47 Å². The lowest BCUT2D eigenvalue weighted by Gasteiger charge is -2.29. The SMILES string of the molecule is COC(CNCC(C)CN1CCCCC1)OC. The Morgan fingerprint density at radius 3 is 2.29 bits per heavy atom. The van der Waals surface area contributed by atoms with Crippen molar-refractivity contribution in [3.05, 3.63) is 0 Å². The van der Waals surface area contributed by atoms with E-state index in [1.807, 2.05) is 0 Å². The molecule has 0 saturated carbocycles. The van der Waals surface area contributed by atoms with Crippen molar-refractivity contribution in [2.45, 2.75) is 32.5 Å². The van der Waals surface area contributed by atoms with E-state index >= 15 is 0 Å². The van der Waals surface area contributed by atoms with Gasteiger partial charge in [-0.1, -0.05) is 13.3 Å². The summed E-state index contributed by atoms with van der Waals surface area (Å²) in [5, 5.41) is 3.40. The summed E-state index contributed by atoms with van der Waals surface area (Å²) in [6, 6.07) is 0. The maximum absolute atomic E-state index is 5.14. The molecule has 0 aliphatic carbocycles. The first-order chi connectivity index (χ1) is 8.26. The maximum Gasteiger partial charge on any atom is 0.169 e. The number of nitrogens with zero attached hydrogens (tertiary/aromatic N) is 1. The zero-order valence-corrected chi connectivity index (χ0v) is 11.6. The molecule has 1 rings (SSSR count). The van der Waals surface area contributed by atoms with Gasteiger partial charge in [-0.25, -0.2) is 0 Å². The van der Waals surface area contributed by atoms with Crippen LogP contribution in [0.4, 0.5) is 0 Å². The first kappa shape index (κ1) is 14.9. The first-order valence-corrected chi connectivity index (χ1v) is 6.75. The molecular weight excluding hydrogens is 216 g/mol. The monoisotopic (exact) mass is 244 g/mol. The summed E-state index contributed by atoms with van der Waals surface area (Å²) in [5.41, 5.74) is 0. The van der Waals surface area contributed by atoms with Crippen LogP contribution in [0, 0.1) is 5.92 Å². The predicted octanol–water partition coefficient (Wildman–Crippen LogP) is 1.32. The van der Waals surface area contributed by atoms with E-state index in [0.29, 0.717) is 5.92 Å². The number of nitrogens with one attached hydrogen (secondary N) is 1. The van der Waals surface area contributed by atoms with E-state index in [1.54, 1.807) is 14.2 Å². The van der Waals surface area contributed by atoms with Gasteiger partial charge in [0, 0.05) is 27.3 Å². The molecule has 1 heterocycles. The Hall–Kier alpha value is -0.160. The fourth-order valence-electron chi connectivity index (χ4n) is 2.36. The van der Waals surface area contributed by atoms with Crippen molar-refractivity contribution in [1.82, 2.24) is 10.2 Å². The van der Waals surface area contributed by atoms with Gasteiger partial charge in [-0.15, -0.1) is 0 Å². The van der Waals surface area contributed by atoms with E-state index in [2.05, 4.69) is 17.1 Å². The van der Waals surface area contributed by atoms with Gasteiger partial charge in [0.1, 0.15) is 0 Å². The second-order valence-corrected chi connectivity index (χ2v) is 5.03. The van der Waals surface area contributed by atoms with E-state index in [1.165, 1.54) is 38.9 Å². The highest BCUT2D eigenvalue weighted by molar-refractivity contribution is 4.69. The molecule has 17 heavy (non-hydrogen) atoms. The van der Waals surface area contributed by atoms with Crippen molar-refractivity contribution in [3.63, 3.8) is 0 Å². The fraction of sp³-hybridized carbons (Fsp3) is 1.00. The van der Waals surface area contributed by atoms with Crippen molar-refractivity contribution in [2.24, 2.45) is 5.92 Å². The predicted molar refractivity (Wildman–Crippen MR) is 70.1 cm³/mol. The van der Waals surface area contributed by atoms with E-state index in [0.717, 1.165) is 13.1 Å². The van der Waals surface area contributed by atoms with Crippen LogP contribution in [0.25, 0.3) is 0 Å². The van der Waals surface area contributed by atoms with Crippen LogP contribution in [0.1, 0.15) is 26.2 Å². The largest absolute Gasteiger partial charge is 0.355 e. The third-order valence-electron chi connectivity index (χ3n) is 3.35. The lowest BCUT2D eigenvalue weighted by Crippen LogP contribution is -2.38. The van der Waals surface area contributed by atoms with Crippen LogP contribution in [-0.2, 0) is 9.47 Å². The Balaban J connectivity index is 2.05. The molecule has 0 aromatic heterocycles. The van der Waals surface area contributed by atoms with Crippen LogP contribution in [0.5, 0.6) is 0 Å². The quantitative estimate of drug-likeness (QED) is 0.653. The minimum Gasteiger partial charge on any atom is -0.355 e. The molecule has 4 heteroatoms. The molecule has 1 aliphatic heterocycles.